The molecule has 43 heavy (non-hydrogen) atoms. The topological polar surface area (TPSA) is 8.17 Å². The Morgan fingerprint density at radius 1 is 0.698 bits per heavy atom. The maximum atomic E-state index is 14.4. The first kappa shape index (κ1) is 26.7. The number of aromatic nitrogens is 1. The van der Waals surface area contributed by atoms with Gasteiger partial charge in [0.15, 0.2) is 0 Å². The second kappa shape index (κ2) is 11.6. The van der Waals surface area contributed by atoms with E-state index < -0.39 is 0 Å². The molecule has 0 aliphatic heterocycles. The normalized spacial score (nSPS) is 13.2. The van der Waals surface area contributed by atoms with Crippen LogP contribution in [0.2, 0.25) is 0 Å². The summed E-state index contributed by atoms with van der Waals surface area (Å²) < 4.78 is 16.6. The molecule has 5 aromatic carbocycles. The maximum Gasteiger partial charge on any atom is 0.123 e. The first-order chi connectivity index (χ1) is 21.2. The average Bonchev–Trinajstić information content (AvgIpc) is 3.38. The molecule has 0 atom stereocenters. The van der Waals surface area contributed by atoms with Gasteiger partial charge < -0.3 is 9.47 Å². The second-order valence-electron chi connectivity index (χ2n) is 11.0. The molecule has 0 bridgehead atoms. The van der Waals surface area contributed by atoms with E-state index in [1.807, 2.05) is 12.1 Å². The van der Waals surface area contributed by atoms with Crippen LogP contribution >= 0.6 is 0 Å². The fourth-order valence-electron chi connectivity index (χ4n) is 6.00. The van der Waals surface area contributed by atoms with Crippen LogP contribution in [0.4, 0.5) is 15.8 Å². The predicted molar refractivity (Wildman–Crippen MR) is 181 cm³/mol. The summed E-state index contributed by atoms with van der Waals surface area (Å²) in [6.45, 7) is 2.15. The van der Waals surface area contributed by atoms with Gasteiger partial charge in [0.2, 0.25) is 0 Å². The SMILES string of the molecule is CCc1ccc2c(c1)c1cc(F)ccc1n2-c1ccc(N(C2=CCCC=C2)c2ccc(/C=C/c3ccccc3)cc2)cc1. The smallest absolute Gasteiger partial charge is 0.123 e. The molecule has 1 heterocycles. The van der Waals surface area contributed by atoms with Gasteiger partial charge in [0.1, 0.15) is 5.82 Å². The lowest BCUT2D eigenvalue weighted by Gasteiger charge is -2.28. The molecule has 6 aromatic rings. The molecule has 0 radical (unpaired) electrons. The molecule has 0 spiro atoms. The molecule has 0 saturated carbocycles. The summed E-state index contributed by atoms with van der Waals surface area (Å²) in [6, 6.07) is 39.4. The number of aryl methyl sites for hydroxylation is 1. The highest BCUT2D eigenvalue weighted by molar-refractivity contribution is 6.09. The van der Waals surface area contributed by atoms with Crippen LogP contribution in [0.1, 0.15) is 36.5 Å². The summed E-state index contributed by atoms with van der Waals surface area (Å²) in [5, 5.41) is 2.02. The molecule has 0 amide bonds. The molecular formula is C40H33FN2. The Balaban J connectivity index is 1.26. The number of rotatable bonds is 7. The number of hydrogen-bond acceptors (Lipinski definition) is 1. The van der Waals surface area contributed by atoms with Gasteiger partial charge in [0.05, 0.1) is 11.0 Å². The van der Waals surface area contributed by atoms with Gasteiger partial charge in [0, 0.05) is 33.5 Å². The highest BCUT2D eigenvalue weighted by atomic mass is 19.1. The van der Waals surface area contributed by atoms with E-state index in [0.717, 1.165) is 63.7 Å². The standard InChI is InChI=1S/C40H33FN2/c1-2-29-17-25-39-37(27-29)38-28-32(41)18-26-40(38)43(39)36-23-21-35(22-24-36)42(33-11-7-4-8-12-33)34-19-15-31(16-20-34)14-13-30-9-5-3-6-10-30/h3,5-7,9-28H,2,4,8H2,1H3/b14-13+. The van der Waals surface area contributed by atoms with Crippen molar-refractivity contribution < 1.29 is 4.39 Å². The molecule has 7 rings (SSSR count). The lowest BCUT2D eigenvalue weighted by atomic mass is 10.1. The molecule has 1 aliphatic rings. The summed E-state index contributed by atoms with van der Waals surface area (Å²) in [5.41, 5.74) is 10.1. The number of fused-ring (bicyclic) bond motifs is 3. The van der Waals surface area contributed by atoms with Gasteiger partial charge in [-0.05, 0) is 109 Å². The molecule has 3 heteroatoms. The molecular weight excluding hydrogens is 527 g/mol. The lowest BCUT2D eigenvalue weighted by molar-refractivity contribution is 0.629. The monoisotopic (exact) mass is 560 g/mol. The Kier molecular flexibility index (Phi) is 7.22. The van der Waals surface area contributed by atoms with Crippen molar-refractivity contribution in [3.05, 3.63) is 162 Å². The number of allylic oxidation sites excluding steroid dienone is 3. The van der Waals surface area contributed by atoms with E-state index in [1.165, 1.54) is 16.8 Å². The van der Waals surface area contributed by atoms with E-state index in [-0.39, 0.29) is 5.82 Å². The number of nitrogens with zero attached hydrogens (tertiary/aromatic N) is 2. The number of hydrogen-bond donors (Lipinski definition) is 0. The quantitative estimate of drug-likeness (QED) is 0.176. The van der Waals surface area contributed by atoms with Gasteiger partial charge in [-0.1, -0.05) is 79.8 Å². The van der Waals surface area contributed by atoms with E-state index >= 15 is 0 Å². The van der Waals surface area contributed by atoms with Crippen molar-refractivity contribution in [3.8, 4) is 5.69 Å². The van der Waals surface area contributed by atoms with E-state index in [0.29, 0.717) is 0 Å². The van der Waals surface area contributed by atoms with E-state index in [4.69, 9.17) is 0 Å². The van der Waals surface area contributed by atoms with Crippen LogP contribution in [0, 0.1) is 5.82 Å². The van der Waals surface area contributed by atoms with Crippen LogP contribution in [0.5, 0.6) is 0 Å². The van der Waals surface area contributed by atoms with E-state index in [1.54, 1.807) is 12.1 Å². The summed E-state index contributed by atoms with van der Waals surface area (Å²) in [5.74, 6) is -0.213. The molecule has 0 unspecified atom stereocenters. The first-order valence-corrected chi connectivity index (χ1v) is 15.0. The summed E-state index contributed by atoms with van der Waals surface area (Å²) in [6.07, 6.45) is 14.1. The van der Waals surface area contributed by atoms with Crippen molar-refractivity contribution in [3.63, 3.8) is 0 Å². The summed E-state index contributed by atoms with van der Waals surface area (Å²) in [4.78, 5) is 2.32. The maximum absolute atomic E-state index is 14.4. The number of halogens is 1. The van der Waals surface area contributed by atoms with Crippen LogP contribution in [0.15, 0.2) is 139 Å². The van der Waals surface area contributed by atoms with Gasteiger partial charge >= 0.3 is 0 Å². The van der Waals surface area contributed by atoms with Gasteiger partial charge in [-0.15, -0.1) is 0 Å². The third-order valence-electron chi connectivity index (χ3n) is 8.22. The molecule has 2 nitrogen and oxygen atoms in total. The van der Waals surface area contributed by atoms with Crippen molar-refractivity contribution in [1.82, 2.24) is 4.57 Å². The van der Waals surface area contributed by atoms with Crippen LogP contribution in [0.3, 0.4) is 0 Å². The van der Waals surface area contributed by atoms with Gasteiger partial charge in [-0.3, -0.25) is 0 Å². The minimum Gasteiger partial charge on any atom is -0.311 e. The zero-order valence-corrected chi connectivity index (χ0v) is 24.3. The van der Waals surface area contributed by atoms with Crippen LogP contribution in [0.25, 0.3) is 39.6 Å². The number of benzene rings is 5. The third kappa shape index (κ3) is 5.30. The zero-order valence-electron chi connectivity index (χ0n) is 24.3. The molecule has 1 aromatic heterocycles. The van der Waals surface area contributed by atoms with Crippen molar-refractivity contribution in [2.24, 2.45) is 0 Å². The largest absolute Gasteiger partial charge is 0.311 e. The zero-order chi connectivity index (χ0) is 29.2. The summed E-state index contributed by atoms with van der Waals surface area (Å²) >= 11 is 0. The fourth-order valence-corrected chi connectivity index (χ4v) is 6.00. The van der Waals surface area contributed by atoms with Gasteiger partial charge in [-0.2, -0.15) is 0 Å². The molecule has 0 saturated heterocycles. The van der Waals surface area contributed by atoms with Gasteiger partial charge in [0.25, 0.3) is 0 Å². The highest BCUT2D eigenvalue weighted by Gasteiger charge is 2.17. The third-order valence-corrected chi connectivity index (χ3v) is 8.22. The van der Waals surface area contributed by atoms with Crippen molar-refractivity contribution >= 4 is 45.3 Å². The summed E-state index contributed by atoms with van der Waals surface area (Å²) in [7, 11) is 0. The van der Waals surface area contributed by atoms with E-state index in [9.17, 15) is 4.39 Å². The second-order valence-corrected chi connectivity index (χ2v) is 11.0. The Hall–Kier alpha value is -5.15. The minimum atomic E-state index is -0.213. The van der Waals surface area contributed by atoms with Crippen molar-refractivity contribution in [1.29, 1.82) is 0 Å². The fraction of sp³-hybridized carbons (Fsp3) is 0.100. The van der Waals surface area contributed by atoms with E-state index in [2.05, 4.69) is 138 Å². The Morgan fingerprint density at radius 3 is 2.02 bits per heavy atom. The van der Waals surface area contributed by atoms with Gasteiger partial charge in [-0.25, -0.2) is 4.39 Å². The van der Waals surface area contributed by atoms with Crippen LogP contribution in [-0.2, 0) is 6.42 Å². The average molecular weight is 561 g/mol. The van der Waals surface area contributed by atoms with Crippen LogP contribution in [-0.4, -0.2) is 4.57 Å². The predicted octanol–water partition coefficient (Wildman–Crippen LogP) is 11.0. The lowest BCUT2D eigenvalue weighted by Crippen LogP contribution is -2.16. The Morgan fingerprint density at radius 2 is 1.35 bits per heavy atom. The highest BCUT2D eigenvalue weighted by Crippen LogP contribution is 2.36. The molecule has 0 fully saturated rings. The van der Waals surface area contributed by atoms with Crippen molar-refractivity contribution in [2.45, 2.75) is 26.2 Å². The number of anilines is 2. The van der Waals surface area contributed by atoms with Crippen molar-refractivity contribution in [2.75, 3.05) is 4.90 Å². The molecule has 1 aliphatic carbocycles. The Bertz CT molecular complexity index is 1990. The van der Waals surface area contributed by atoms with Crippen LogP contribution < -0.4 is 4.90 Å². The molecule has 210 valence electrons. The first-order valence-electron chi connectivity index (χ1n) is 15.0. The minimum absolute atomic E-state index is 0.213. The molecule has 0 N–H and O–H groups in total. The Labute approximate surface area is 252 Å².